The highest BCUT2D eigenvalue weighted by atomic mass is 32.2. The van der Waals surface area contributed by atoms with Gasteiger partial charge in [0.2, 0.25) is 11.8 Å². The molecule has 0 aliphatic heterocycles. The third-order valence-corrected chi connectivity index (χ3v) is 7.14. The molecule has 0 unspecified atom stereocenters. The lowest BCUT2D eigenvalue weighted by atomic mass is 10.0. The van der Waals surface area contributed by atoms with Gasteiger partial charge in [-0.15, -0.1) is 0 Å². The molecule has 0 aliphatic carbocycles. The zero-order valence-corrected chi connectivity index (χ0v) is 21.8. The van der Waals surface area contributed by atoms with Crippen molar-refractivity contribution < 1.29 is 14.0 Å². The minimum atomic E-state index is -0.668. The smallest absolute Gasteiger partial charge is 0.243 e. The number of benzene rings is 3. The summed E-state index contributed by atoms with van der Waals surface area (Å²) >= 11 is 1.70. The number of nitrogens with zero attached hydrogens (tertiary/aromatic N) is 1. The first-order valence-electron chi connectivity index (χ1n) is 12.5. The minimum Gasteiger partial charge on any atom is -0.352 e. The fourth-order valence-electron chi connectivity index (χ4n) is 3.85. The van der Waals surface area contributed by atoms with Gasteiger partial charge in [-0.25, -0.2) is 4.39 Å². The average Bonchev–Trinajstić information content (AvgIpc) is 2.90. The molecule has 0 radical (unpaired) electrons. The Morgan fingerprint density at radius 1 is 0.889 bits per heavy atom. The van der Waals surface area contributed by atoms with Crippen LogP contribution < -0.4 is 5.32 Å². The molecule has 3 aromatic carbocycles. The number of carbonyl (C=O) groups is 2. The summed E-state index contributed by atoms with van der Waals surface area (Å²) in [6.45, 7) is 4.22. The molecule has 6 heteroatoms. The Bertz CT molecular complexity index is 1080. The molecule has 0 saturated carbocycles. The third kappa shape index (κ3) is 8.83. The molecule has 0 aromatic heterocycles. The van der Waals surface area contributed by atoms with Crippen molar-refractivity contribution in [3.8, 4) is 0 Å². The van der Waals surface area contributed by atoms with Gasteiger partial charge in [-0.1, -0.05) is 79.7 Å². The Morgan fingerprint density at radius 2 is 1.50 bits per heavy atom. The Kier molecular flexibility index (Phi) is 11.0. The van der Waals surface area contributed by atoms with E-state index in [-0.39, 0.29) is 30.2 Å². The molecular weight excluding hydrogens is 471 g/mol. The lowest BCUT2D eigenvalue weighted by Gasteiger charge is -2.32. The summed E-state index contributed by atoms with van der Waals surface area (Å²) in [6, 6.07) is 25.4. The predicted octanol–water partition coefficient (Wildman–Crippen LogP) is 6.00. The maximum atomic E-state index is 13.6. The van der Waals surface area contributed by atoms with Crippen molar-refractivity contribution in [1.82, 2.24) is 10.2 Å². The molecule has 0 heterocycles. The molecule has 0 fully saturated rings. The van der Waals surface area contributed by atoms with Crippen molar-refractivity contribution in [3.05, 3.63) is 107 Å². The molecular formula is C30H35FN2O2S. The van der Waals surface area contributed by atoms with E-state index in [4.69, 9.17) is 0 Å². The van der Waals surface area contributed by atoms with Crippen LogP contribution in [0.5, 0.6) is 0 Å². The first kappa shape index (κ1) is 27.5. The number of carbonyl (C=O) groups excluding carboxylic acids is 2. The molecule has 0 spiro atoms. The number of hydrogen-bond acceptors (Lipinski definition) is 3. The van der Waals surface area contributed by atoms with E-state index in [1.165, 1.54) is 17.7 Å². The monoisotopic (exact) mass is 506 g/mol. The van der Waals surface area contributed by atoms with E-state index in [0.717, 1.165) is 23.3 Å². The topological polar surface area (TPSA) is 49.4 Å². The van der Waals surface area contributed by atoms with Crippen molar-refractivity contribution in [1.29, 1.82) is 0 Å². The standard InChI is InChI=1S/C30H35FN2O2S/c1-3-23(2)32-30(35)28(20-24-10-6-4-7-11-24)33(21-25-14-16-27(31)17-15-25)29(34)18-19-36-22-26-12-8-5-9-13-26/h4-17,23,28H,3,18-22H2,1-2H3,(H,32,35)/t23-,28+/m1/s1. The van der Waals surface area contributed by atoms with Crippen LogP contribution in [-0.2, 0) is 28.3 Å². The molecule has 3 aromatic rings. The lowest BCUT2D eigenvalue weighted by molar-refractivity contribution is -0.141. The molecule has 2 amide bonds. The molecule has 36 heavy (non-hydrogen) atoms. The molecule has 3 rings (SSSR count). The van der Waals surface area contributed by atoms with Gasteiger partial charge in [0.1, 0.15) is 11.9 Å². The quantitative estimate of drug-likeness (QED) is 0.289. The molecule has 1 N–H and O–H groups in total. The van der Waals surface area contributed by atoms with Crippen LogP contribution in [0.25, 0.3) is 0 Å². The summed E-state index contributed by atoms with van der Waals surface area (Å²) in [5.74, 6) is 0.900. The van der Waals surface area contributed by atoms with Gasteiger partial charge in [-0.2, -0.15) is 11.8 Å². The van der Waals surface area contributed by atoms with Gasteiger partial charge >= 0.3 is 0 Å². The van der Waals surface area contributed by atoms with E-state index in [1.54, 1.807) is 28.8 Å². The van der Waals surface area contributed by atoms with Gasteiger partial charge < -0.3 is 10.2 Å². The summed E-state index contributed by atoms with van der Waals surface area (Å²) in [5, 5.41) is 3.07. The largest absolute Gasteiger partial charge is 0.352 e. The summed E-state index contributed by atoms with van der Waals surface area (Å²) in [4.78, 5) is 28.7. The fraction of sp³-hybridized carbons (Fsp3) is 0.333. The SMILES string of the molecule is CC[C@@H](C)NC(=O)[C@H](Cc1ccccc1)N(Cc1ccc(F)cc1)C(=O)CCSCc1ccccc1. The summed E-state index contributed by atoms with van der Waals surface area (Å²) in [6.07, 6.45) is 1.53. The summed E-state index contributed by atoms with van der Waals surface area (Å²) in [7, 11) is 0. The van der Waals surface area contributed by atoms with Gasteiger partial charge in [0, 0.05) is 36.9 Å². The van der Waals surface area contributed by atoms with Crippen LogP contribution in [0.3, 0.4) is 0 Å². The van der Waals surface area contributed by atoms with Gasteiger partial charge in [0.25, 0.3) is 0 Å². The maximum Gasteiger partial charge on any atom is 0.243 e. The van der Waals surface area contributed by atoms with Crippen LogP contribution >= 0.6 is 11.8 Å². The van der Waals surface area contributed by atoms with Crippen molar-refractivity contribution >= 4 is 23.6 Å². The highest BCUT2D eigenvalue weighted by Gasteiger charge is 2.30. The Balaban J connectivity index is 1.80. The fourth-order valence-corrected chi connectivity index (χ4v) is 4.74. The average molecular weight is 507 g/mol. The molecule has 0 saturated heterocycles. The number of rotatable bonds is 13. The minimum absolute atomic E-state index is 0.0000236. The van der Waals surface area contributed by atoms with Crippen LogP contribution in [-0.4, -0.2) is 34.6 Å². The highest BCUT2D eigenvalue weighted by Crippen LogP contribution is 2.19. The molecule has 0 aliphatic rings. The van der Waals surface area contributed by atoms with E-state index in [0.29, 0.717) is 18.6 Å². The number of thioether (sulfide) groups is 1. The van der Waals surface area contributed by atoms with Crippen LogP contribution in [0, 0.1) is 5.82 Å². The van der Waals surface area contributed by atoms with Crippen LogP contribution in [0.15, 0.2) is 84.9 Å². The highest BCUT2D eigenvalue weighted by molar-refractivity contribution is 7.98. The Hall–Kier alpha value is -3.12. The Labute approximate surface area is 218 Å². The van der Waals surface area contributed by atoms with E-state index in [2.05, 4.69) is 17.4 Å². The van der Waals surface area contributed by atoms with E-state index in [1.807, 2.05) is 62.4 Å². The molecule has 4 nitrogen and oxygen atoms in total. The van der Waals surface area contributed by atoms with Gasteiger partial charge in [0.15, 0.2) is 0 Å². The third-order valence-electron chi connectivity index (χ3n) is 6.11. The maximum absolute atomic E-state index is 13.6. The van der Waals surface area contributed by atoms with Crippen molar-refractivity contribution in [2.75, 3.05) is 5.75 Å². The van der Waals surface area contributed by atoms with Crippen LogP contribution in [0.4, 0.5) is 4.39 Å². The lowest BCUT2D eigenvalue weighted by Crippen LogP contribution is -2.52. The first-order valence-corrected chi connectivity index (χ1v) is 13.6. The van der Waals surface area contributed by atoms with Gasteiger partial charge in [-0.3, -0.25) is 9.59 Å². The van der Waals surface area contributed by atoms with Crippen molar-refractivity contribution in [2.24, 2.45) is 0 Å². The van der Waals surface area contributed by atoms with Gasteiger partial charge in [0.05, 0.1) is 0 Å². The first-order chi connectivity index (χ1) is 17.5. The molecule has 0 bridgehead atoms. The predicted molar refractivity (Wildman–Crippen MR) is 146 cm³/mol. The molecule has 190 valence electrons. The second-order valence-electron chi connectivity index (χ2n) is 8.96. The van der Waals surface area contributed by atoms with Crippen LogP contribution in [0.1, 0.15) is 43.4 Å². The van der Waals surface area contributed by atoms with E-state index < -0.39 is 6.04 Å². The zero-order chi connectivity index (χ0) is 25.8. The van der Waals surface area contributed by atoms with E-state index in [9.17, 15) is 14.0 Å². The zero-order valence-electron chi connectivity index (χ0n) is 21.0. The summed E-state index contributed by atoms with van der Waals surface area (Å²) < 4.78 is 13.5. The van der Waals surface area contributed by atoms with Crippen molar-refractivity contribution in [3.63, 3.8) is 0 Å². The number of hydrogen-bond donors (Lipinski definition) is 1. The van der Waals surface area contributed by atoms with Crippen LogP contribution in [0.2, 0.25) is 0 Å². The Morgan fingerprint density at radius 3 is 2.11 bits per heavy atom. The van der Waals surface area contributed by atoms with Crippen molar-refractivity contribution in [2.45, 2.75) is 57.5 Å². The normalized spacial score (nSPS) is 12.5. The number of halogens is 1. The van der Waals surface area contributed by atoms with E-state index >= 15 is 0 Å². The summed E-state index contributed by atoms with van der Waals surface area (Å²) in [5.41, 5.74) is 2.99. The second kappa shape index (κ2) is 14.4. The molecule has 2 atom stereocenters. The number of nitrogens with one attached hydrogen (secondary N) is 1. The second-order valence-corrected chi connectivity index (χ2v) is 10.1. The van der Waals surface area contributed by atoms with Gasteiger partial charge in [-0.05, 0) is 42.2 Å². The number of amides is 2.